The first-order chi connectivity index (χ1) is 8.45. The van der Waals surface area contributed by atoms with Gasteiger partial charge in [0, 0.05) is 32.7 Å². The first-order valence-electron chi connectivity index (χ1n) is 6.36. The SMILES string of the molecule is CC.CC.[Y].[c-]1ccccc1Cc1[c-]cccc1. The third-order valence-corrected chi connectivity index (χ3v) is 1.93. The van der Waals surface area contributed by atoms with Gasteiger partial charge in [0.25, 0.3) is 0 Å². The molecule has 18 heavy (non-hydrogen) atoms. The van der Waals surface area contributed by atoms with Crippen LogP contribution in [0.3, 0.4) is 0 Å². The van der Waals surface area contributed by atoms with E-state index in [4.69, 9.17) is 0 Å². The Kier molecular flexibility index (Phi) is 16.1. The van der Waals surface area contributed by atoms with E-state index < -0.39 is 0 Å². The summed E-state index contributed by atoms with van der Waals surface area (Å²) in [5.74, 6) is 0. The fraction of sp³-hybridized carbons (Fsp3) is 0.294. The predicted octanol–water partition coefficient (Wildman–Crippen LogP) is 4.93. The van der Waals surface area contributed by atoms with Gasteiger partial charge in [-0.15, -0.1) is 0 Å². The average Bonchev–Trinajstić information content (AvgIpc) is 2.45. The maximum atomic E-state index is 3.20. The summed E-state index contributed by atoms with van der Waals surface area (Å²) in [7, 11) is 0. The largest absolute Gasteiger partial charge is 0.180 e. The maximum absolute atomic E-state index is 3.20. The Bertz CT molecular complexity index is 316. The van der Waals surface area contributed by atoms with E-state index >= 15 is 0 Å². The molecule has 0 nitrogen and oxygen atoms in total. The van der Waals surface area contributed by atoms with Gasteiger partial charge in [0.05, 0.1) is 0 Å². The van der Waals surface area contributed by atoms with E-state index in [0.29, 0.717) is 0 Å². The van der Waals surface area contributed by atoms with Crippen molar-refractivity contribution in [1.29, 1.82) is 0 Å². The molecular formula is C17H22Y-2. The van der Waals surface area contributed by atoms with Crippen LogP contribution in [0.1, 0.15) is 38.8 Å². The summed E-state index contributed by atoms with van der Waals surface area (Å²) in [6.45, 7) is 8.00. The molecule has 0 atom stereocenters. The molecule has 0 saturated heterocycles. The van der Waals surface area contributed by atoms with Crippen molar-refractivity contribution < 1.29 is 32.7 Å². The van der Waals surface area contributed by atoms with Crippen molar-refractivity contribution in [2.45, 2.75) is 34.1 Å². The van der Waals surface area contributed by atoms with E-state index in [9.17, 15) is 0 Å². The standard InChI is InChI=1S/C13H10.2C2H6.Y/c1-3-7-12(8-4-1)11-13-9-5-2-6-10-13;2*1-2;/h1-7,9H,11H2;2*1-2H3;/q-2;;;. The molecule has 0 fully saturated rings. The van der Waals surface area contributed by atoms with Crippen LogP contribution in [-0.4, -0.2) is 0 Å². The first-order valence-corrected chi connectivity index (χ1v) is 6.36. The van der Waals surface area contributed by atoms with Crippen molar-refractivity contribution in [3.8, 4) is 0 Å². The van der Waals surface area contributed by atoms with Gasteiger partial charge in [-0.1, -0.05) is 27.7 Å². The van der Waals surface area contributed by atoms with Crippen molar-refractivity contribution in [2.24, 2.45) is 0 Å². The van der Waals surface area contributed by atoms with Gasteiger partial charge in [0.15, 0.2) is 0 Å². The fourth-order valence-electron chi connectivity index (χ4n) is 1.29. The number of hydrogen-bond acceptors (Lipinski definition) is 0. The molecule has 0 saturated carbocycles. The number of hydrogen-bond donors (Lipinski definition) is 0. The van der Waals surface area contributed by atoms with Crippen LogP contribution in [0.5, 0.6) is 0 Å². The summed E-state index contributed by atoms with van der Waals surface area (Å²) >= 11 is 0. The molecule has 2 aromatic rings. The monoisotopic (exact) mass is 315 g/mol. The van der Waals surface area contributed by atoms with Gasteiger partial charge in [0.2, 0.25) is 0 Å². The zero-order chi connectivity index (χ0) is 12.9. The van der Waals surface area contributed by atoms with Crippen LogP contribution in [-0.2, 0) is 39.1 Å². The molecule has 0 unspecified atom stereocenters. The van der Waals surface area contributed by atoms with E-state index in [0.717, 1.165) is 6.42 Å². The van der Waals surface area contributed by atoms with Crippen LogP contribution >= 0.6 is 0 Å². The average molecular weight is 315 g/mol. The summed E-state index contributed by atoms with van der Waals surface area (Å²) in [4.78, 5) is 0. The number of benzene rings is 2. The summed E-state index contributed by atoms with van der Waals surface area (Å²) < 4.78 is 0. The molecule has 0 amide bonds. The van der Waals surface area contributed by atoms with E-state index in [2.05, 4.69) is 24.3 Å². The Morgan fingerprint density at radius 1 is 0.722 bits per heavy atom. The molecule has 0 aliphatic carbocycles. The Morgan fingerprint density at radius 3 is 1.39 bits per heavy atom. The van der Waals surface area contributed by atoms with Gasteiger partial charge in [-0.05, 0) is 6.42 Å². The van der Waals surface area contributed by atoms with Crippen molar-refractivity contribution in [1.82, 2.24) is 0 Å². The van der Waals surface area contributed by atoms with Crippen LogP contribution in [0.25, 0.3) is 0 Å². The van der Waals surface area contributed by atoms with Crippen LogP contribution in [0, 0.1) is 12.1 Å². The minimum atomic E-state index is 0. The smallest absolute Gasteiger partial charge is 0 e. The zero-order valence-corrected chi connectivity index (χ0v) is 14.7. The van der Waals surface area contributed by atoms with Gasteiger partial charge in [-0.2, -0.15) is 71.8 Å². The minimum absolute atomic E-state index is 0. The Balaban J connectivity index is 0. The van der Waals surface area contributed by atoms with E-state index in [1.165, 1.54) is 11.1 Å². The van der Waals surface area contributed by atoms with E-state index in [1.807, 2.05) is 64.1 Å². The minimum Gasteiger partial charge on any atom is -0.180 e. The molecular weight excluding hydrogens is 293 g/mol. The Labute approximate surface area is 138 Å². The van der Waals surface area contributed by atoms with Crippen LogP contribution < -0.4 is 0 Å². The topological polar surface area (TPSA) is 0 Å². The zero-order valence-electron chi connectivity index (χ0n) is 11.9. The summed E-state index contributed by atoms with van der Waals surface area (Å²) in [5, 5.41) is 0. The second-order valence-electron chi connectivity index (χ2n) is 2.95. The Hall–Kier alpha value is -0.456. The molecule has 0 spiro atoms. The molecule has 0 N–H and O–H groups in total. The Morgan fingerprint density at radius 2 is 1.11 bits per heavy atom. The summed E-state index contributed by atoms with van der Waals surface area (Å²) in [6, 6.07) is 22.5. The fourth-order valence-corrected chi connectivity index (χ4v) is 1.29. The second-order valence-corrected chi connectivity index (χ2v) is 2.95. The molecule has 0 aliphatic rings. The van der Waals surface area contributed by atoms with Crippen LogP contribution in [0.2, 0.25) is 0 Å². The molecule has 0 heterocycles. The van der Waals surface area contributed by atoms with Crippen molar-refractivity contribution in [3.05, 3.63) is 71.8 Å². The van der Waals surface area contributed by atoms with Gasteiger partial charge in [-0.3, -0.25) is 0 Å². The number of rotatable bonds is 2. The summed E-state index contributed by atoms with van der Waals surface area (Å²) in [6.07, 6.45) is 0.918. The molecule has 0 bridgehead atoms. The van der Waals surface area contributed by atoms with Crippen molar-refractivity contribution >= 4 is 0 Å². The van der Waals surface area contributed by atoms with Crippen LogP contribution in [0.15, 0.2) is 48.5 Å². The van der Waals surface area contributed by atoms with Gasteiger partial charge >= 0.3 is 0 Å². The second kappa shape index (κ2) is 14.6. The normalized spacial score (nSPS) is 7.78. The quantitative estimate of drug-likeness (QED) is 0.690. The molecule has 1 heteroatoms. The van der Waals surface area contributed by atoms with Crippen LogP contribution in [0.4, 0.5) is 0 Å². The van der Waals surface area contributed by atoms with Crippen molar-refractivity contribution in [3.63, 3.8) is 0 Å². The molecule has 1 radical (unpaired) electrons. The maximum Gasteiger partial charge on any atom is 0 e. The van der Waals surface area contributed by atoms with Crippen molar-refractivity contribution in [2.75, 3.05) is 0 Å². The van der Waals surface area contributed by atoms with E-state index in [-0.39, 0.29) is 32.7 Å². The van der Waals surface area contributed by atoms with Gasteiger partial charge in [-0.25, -0.2) is 0 Å². The van der Waals surface area contributed by atoms with E-state index in [1.54, 1.807) is 0 Å². The predicted molar refractivity (Wildman–Crippen MR) is 76.1 cm³/mol. The van der Waals surface area contributed by atoms with Gasteiger partial charge in [0.1, 0.15) is 0 Å². The molecule has 2 aromatic carbocycles. The molecule has 0 aromatic heterocycles. The summed E-state index contributed by atoms with van der Waals surface area (Å²) in [5.41, 5.74) is 2.43. The first kappa shape index (κ1) is 19.9. The third kappa shape index (κ3) is 8.61. The molecule has 2 rings (SSSR count). The molecule has 95 valence electrons. The molecule has 0 aliphatic heterocycles. The van der Waals surface area contributed by atoms with Gasteiger partial charge < -0.3 is 0 Å². The third-order valence-electron chi connectivity index (χ3n) is 1.93.